The molecule has 0 aromatic carbocycles. The van der Waals surface area contributed by atoms with E-state index < -0.39 is 0 Å². The highest BCUT2D eigenvalue weighted by Crippen LogP contribution is 2.35. The zero-order valence-electron chi connectivity index (χ0n) is 10.1. The van der Waals surface area contributed by atoms with Crippen molar-refractivity contribution in [1.29, 1.82) is 0 Å². The van der Waals surface area contributed by atoms with Crippen LogP contribution in [0.2, 0.25) is 0 Å². The van der Waals surface area contributed by atoms with Crippen LogP contribution in [0.15, 0.2) is 18.7 Å². The van der Waals surface area contributed by atoms with Gasteiger partial charge in [-0.05, 0) is 33.4 Å². The van der Waals surface area contributed by atoms with Gasteiger partial charge >= 0.3 is 0 Å². The van der Waals surface area contributed by atoms with Gasteiger partial charge in [0.15, 0.2) is 0 Å². The highest BCUT2D eigenvalue weighted by atomic mass is 15.2. The Bertz CT molecular complexity index is 319. The molecule has 1 saturated carbocycles. The Labute approximate surface area is 97.1 Å². The number of likely N-dealkylation sites (N-methyl/N-ethyl adjacent to an activating group) is 1. The summed E-state index contributed by atoms with van der Waals surface area (Å²) in [5.41, 5.74) is 1.53. The molecule has 0 bridgehead atoms. The first-order valence-corrected chi connectivity index (χ1v) is 5.85. The number of nitrogens with one attached hydrogen (secondary N) is 1. The molecule has 2 rings (SSSR count). The molecule has 0 radical (unpaired) electrons. The van der Waals surface area contributed by atoms with E-state index in [4.69, 9.17) is 0 Å². The van der Waals surface area contributed by atoms with Crippen LogP contribution in [-0.2, 0) is 6.54 Å². The molecule has 16 heavy (non-hydrogen) atoms. The minimum atomic E-state index is 0.385. The summed E-state index contributed by atoms with van der Waals surface area (Å²) >= 11 is 0. The van der Waals surface area contributed by atoms with Crippen LogP contribution in [0, 0.1) is 0 Å². The summed E-state index contributed by atoms with van der Waals surface area (Å²) in [6.07, 6.45) is 9.26. The molecule has 1 aromatic heterocycles. The van der Waals surface area contributed by atoms with E-state index in [0.29, 0.717) is 5.54 Å². The van der Waals surface area contributed by atoms with E-state index in [1.54, 1.807) is 6.33 Å². The van der Waals surface area contributed by atoms with Gasteiger partial charge in [-0.3, -0.25) is 0 Å². The maximum atomic E-state index is 4.01. The first-order valence-electron chi connectivity index (χ1n) is 5.85. The monoisotopic (exact) mass is 220 g/mol. The number of hydrogen-bond acceptors (Lipinski definition) is 4. The lowest BCUT2D eigenvalue weighted by Gasteiger charge is -2.47. The van der Waals surface area contributed by atoms with Gasteiger partial charge in [-0.15, -0.1) is 0 Å². The predicted octanol–water partition coefficient (Wildman–Crippen LogP) is 1.05. The first-order chi connectivity index (χ1) is 7.73. The van der Waals surface area contributed by atoms with Crippen LogP contribution in [0.4, 0.5) is 0 Å². The zero-order chi connectivity index (χ0) is 11.4. The van der Waals surface area contributed by atoms with E-state index in [1.165, 1.54) is 19.3 Å². The largest absolute Gasteiger partial charge is 0.311 e. The summed E-state index contributed by atoms with van der Waals surface area (Å²) in [5, 5.41) is 3.50. The van der Waals surface area contributed by atoms with Gasteiger partial charge in [-0.25, -0.2) is 9.97 Å². The summed E-state index contributed by atoms with van der Waals surface area (Å²) in [6, 6.07) is 0. The van der Waals surface area contributed by atoms with E-state index in [1.807, 2.05) is 12.4 Å². The van der Waals surface area contributed by atoms with Gasteiger partial charge in [-0.2, -0.15) is 0 Å². The summed E-state index contributed by atoms with van der Waals surface area (Å²) in [4.78, 5) is 10.4. The van der Waals surface area contributed by atoms with Crippen molar-refractivity contribution in [3.8, 4) is 0 Å². The molecule has 0 unspecified atom stereocenters. The van der Waals surface area contributed by atoms with Gasteiger partial charge in [0.2, 0.25) is 0 Å². The highest BCUT2D eigenvalue weighted by Gasteiger charge is 2.38. The van der Waals surface area contributed by atoms with Crippen LogP contribution in [-0.4, -0.2) is 41.0 Å². The normalized spacial score (nSPS) is 18.4. The Hall–Kier alpha value is -1.00. The van der Waals surface area contributed by atoms with Crippen molar-refractivity contribution < 1.29 is 0 Å². The molecule has 1 heterocycles. The molecule has 1 fully saturated rings. The Morgan fingerprint density at radius 2 is 2.00 bits per heavy atom. The van der Waals surface area contributed by atoms with Gasteiger partial charge in [-0.1, -0.05) is 0 Å². The minimum absolute atomic E-state index is 0.385. The molecule has 1 aliphatic rings. The van der Waals surface area contributed by atoms with Crippen LogP contribution < -0.4 is 5.32 Å². The zero-order valence-corrected chi connectivity index (χ0v) is 10.1. The standard InChI is InChI=1S/C12H20N4/c1-16(2)12(4-3-5-12)9-13-6-11-7-14-10-15-8-11/h7-8,10,13H,3-6,9H2,1-2H3. The fraction of sp³-hybridized carbons (Fsp3) is 0.667. The van der Waals surface area contributed by atoms with E-state index in [9.17, 15) is 0 Å². The molecule has 0 spiro atoms. The first kappa shape index (κ1) is 11.5. The number of nitrogens with zero attached hydrogens (tertiary/aromatic N) is 3. The average Bonchev–Trinajstić information content (AvgIpc) is 2.23. The third kappa shape index (κ3) is 2.39. The third-order valence-electron chi connectivity index (χ3n) is 3.63. The molecule has 1 aromatic rings. The molecular weight excluding hydrogens is 200 g/mol. The lowest BCUT2D eigenvalue weighted by atomic mass is 9.75. The molecule has 1 N–H and O–H groups in total. The summed E-state index contributed by atoms with van der Waals surface area (Å²) in [6.45, 7) is 1.91. The Balaban J connectivity index is 1.79. The van der Waals surface area contributed by atoms with Crippen LogP contribution in [0.1, 0.15) is 24.8 Å². The Morgan fingerprint density at radius 1 is 1.31 bits per heavy atom. The Kier molecular flexibility index (Phi) is 3.51. The molecule has 88 valence electrons. The third-order valence-corrected chi connectivity index (χ3v) is 3.63. The van der Waals surface area contributed by atoms with E-state index in [0.717, 1.165) is 18.7 Å². The highest BCUT2D eigenvalue weighted by molar-refractivity contribution is 5.03. The van der Waals surface area contributed by atoms with Crippen LogP contribution in [0.5, 0.6) is 0 Å². The molecule has 4 heteroatoms. The topological polar surface area (TPSA) is 41.0 Å². The van der Waals surface area contributed by atoms with Gasteiger partial charge in [0.1, 0.15) is 6.33 Å². The number of rotatable bonds is 5. The number of hydrogen-bond donors (Lipinski definition) is 1. The van der Waals surface area contributed by atoms with Gasteiger partial charge in [0.05, 0.1) is 0 Å². The molecule has 0 amide bonds. The quantitative estimate of drug-likeness (QED) is 0.805. The van der Waals surface area contributed by atoms with E-state index in [2.05, 4.69) is 34.3 Å². The maximum absolute atomic E-state index is 4.01. The lowest BCUT2D eigenvalue weighted by Crippen LogP contribution is -2.56. The fourth-order valence-electron chi connectivity index (χ4n) is 2.23. The molecule has 1 aliphatic carbocycles. The molecule has 4 nitrogen and oxygen atoms in total. The lowest BCUT2D eigenvalue weighted by molar-refractivity contribution is 0.0598. The van der Waals surface area contributed by atoms with E-state index >= 15 is 0 Å². The second-order valence-corrected chi connectivity index (χ2v) is 4.82. The van der Waals surface area contributed by atoms with E-state index in [-0.39, 0.29) is 0 Å². The van der Waals surface area contributed by atoms with Gasteiger partial charge < -0.3 is 10.2 Å². The Morgan fingerprint density at radius 3 is 2.50 bits per heavy atom. The summed E-state index contributed by atoms with van der Waals surface area (Å²) in [5.74, 6) is 0. The maximum Gasteiger partial charge on any atom is 0.115 e. The van der Waals surface area contributed by atoms with Crippen molar-refractivity contribution in [3.05, 3.63) is 24.3 Å². The smallest absolute Gasteiger partial charge is 0.115 e. The second-order valence-electron chi connectivity index (χ2n) is 4.82. The fourth-order valence-corrected chi connectivity index (χ4v) is 2.23. The van der Waals surface area contributed by atoms with Crippen molar-refractivity contribution in [1.82, 2.24) is 20.2 Å². The van der Waals surface area contributed by atoms with Crippen molar-refractivity contribution in [2.24, 2.45) is 0 Å². The summed E-state index contributed by atoms with van der Waals surface area (Å²) in [7, 11) is 4.35. The second kappa shape index (κ2) is 4.89. The molecule has 0 aliphatic heterocycles. The van der Waals surface area contributed by atoms with Gasteiger partial charge in [0.25, 0.3) is 0 Å². The van der Waals surface area contributed by atoms with Crippen LogP contribution >= 0.6 is 0 Å². The SMILES string of the molecule is CN(C)C1(CNCc2cncnc2)CCC1. The minimum Gasteiger partial charge on any atom is -0.311 e. The van der Waals surface area contributed by atoms with Crippen molar-refractivity contribution in [2.45, 2.75) is 31.3 Å². The summed E-state index contributed by atoms with van der Waals surface area (Å²) < 4.78 is 0. The van der Waals surface area contributed by atoms with Crippen molar-refractivity contribution in [2.75, 3.05) is 20.6 Å². The van der Waals surface area contributed by atoms with Crippen molar-refractivity contribution in [3.63, 3.8) is 0 Å². The molecule has 0 atom stereocenters. The van der Waals surface area contributed by atoms with Crippen LogP contribution in [0.25, 0.3) is 0 Å². The number of aromatic nitrogens is 2. The molecule has 0 saturated heterocycles. The predicted molar refractivity (Wildman–Crippen MR) is 64.0 cm³/mol. The average molecular weight is 220 g/mol. The van der Waals surface area contributed by atoms with Crippen molar-refractivity contribution >= 4 is 0 Å². The van der Waals surface area contributed by atoms with Crippen LogP contribution in [0.3, 0.4) is 0 Å². The molecular formula is C12H20N4. The van der Waals surface area contributed by atoms with Gasteiger partial charge in [0, 0.05) is 36.6 Å².